The minimum Gasteiger partial charge on any atom is -0.467 e. The number of anilines is 1. The van der Waals surface area contributed by atoms with Crippen LogP contribution >= 0.6 is 0 Å². The number of amides is 1. The van der Waals surface area contributed by atoms with Crippen molar-refractivity contribution in [2.75, 3.05) is 19.1 Å². The lowest BCUT2D eigenvalue weighted by atomic mass is 10.0. The van der Waals surface area contributed by atoms with E-state index in [9.17, 15) is 9.59 Å². The van der Waals surface area contributed by atoms with Crippen LogP contribution in [0.1, 0.15) is 19.5 Å². The predicted molar refractivity (Wildman–Crippen MR) is 74.5 cm³/mol. The Morgan fingerprint density at radius 3 is 2.30 bits per heavy atom. The monoisotopic (exact) mass is 280 g/mol. The quantitative estimate of drug-likeness (QED) is 0.790. The number of hydrogen-bond donors (Lipinski definition) is 0. The topological polar surface area (TPSA) is 68.7 Å². The van der Waals surface area contributed by atoms with Gasteiger partial charge < -0.3 is 9.47 Å². The Morgan fingerprint density at radius 1 is 1.20 bits per heavy atom. The van der Waals surface area contributed by atoms with Crippen LogP contribution in [0.5, 0.6) is 0 Å². The van der Waals surface area contributed by atoms with Crippen molar-refractivity contribution in [1.29, 1.82) is 0 Å². The van der Waals surface area contributed by atoms with Crippen LogP contribution in [-0.4, -0.2) is 37.3 Å². The molecule has 6 heteroatoms. The highest BCUT2D eigenvalue weighted by molar-refractivity contribution is 5.94. The number of aromatic nitrogens is 1. The van der Waals surface area contributed by atoms with Gasteiger partial charge in [0.05, 0.1) is 14.2 Å². The maximum Gasteiger partial charge on any atom is 0.416 e. The van der Waals surface area contributed by atoms with Crippen molar-refractivity contribution >= 4 is 17.9 Å². The van der Waals surface area contributed by atoms with E-state index in [1.165, 1.54) is 19.1 Å². The highest BCUT2D eigenvalue weighted by Crippen LogP contribution is 2.21. The zero-order valence-electron chi connectivity index (χ0n) is 12.4. The Bertz CT molecular complexity index is 488. The van der Waals surface area contributed by atoms with E-state index >= 15 is 0 Å². The maximum absolute atomic E-state index is 12.0. The van der Waals surface area contributed by atoms with E-state index < -0.39 is 18.1 Å². The second-order valence-electron chi connectivity index (χ2n) is 4.69. The molecule has 0 saturated heterocycles. The summed E-state index contributed by atoms with van der Waals surface area (Å²) in [5, 5.41) is 0. The van der Waals surface area contributed by atoms with Crippen molar-refractivity contribution in [2.24, 2.45) is 5.92 Å². The lowest BCUT2D eigenvalue weighted by Gasteiger charge is -2.30. The zero-order chi connectivity index (χ0) is 15.3. The third kappa shape index (κ3) is 3.46. The van der Waals surface area contributed by atoms with E-state index in [2.05, 4.69) is 4.98 Å². The van der Waals surface area contributed by atoms with Crippen molar-refractivity contribution in [3.05, 3.63) is 23.9 Å². The summed E-state index contributed by atoms with van der Waals surface area (Å²) in [5.41, 5.74) is 0.740. The van der Waals surface area contributed by atoms with E-state index in [0.29, 0.717) is 5.82 Å². The molecule has 20 heavy (non-hydrogen) atoms. The molecule has 0 aromatic carbocycles. The SMILES string of the molecule is COC(=O)C(C(C)C)N(C(=O)OC)c1cccc(C)n1. The van der Waals surface area contributed by atoms with Gasteiger partial charge in [-0.1, -0.05) is 19.9 Å². The largest absolute Gasteiger partial charge is 0.467 e. The molecule has 110 valence electrons. The number of methoxy groups -OCH3 is 2. The molecule has 0 fully saturated rings. The minimum absolute atomic E-state index is 0.149. The summed E-state index contributed by atoms with van der Waals surface area (Å²) < 4.78 is 9.56. The van der Waals surface area contributed by atoms with Crippen molar-refractivity contribution in [1.82, 2.24) is 4.98 Å². The van der Waals surface area contributed by atoms with E-state index in [4.69, 9.17) is 9.47 Å². The molecule has 0 aliphatic heterocycles. The molecular weight excluding hydrogens is 260 g/mol. The molecule has 0 aliphatic rings. The highest BCUT2D eigenvalue weighted by Gasteiger charge is 2.36. The summed E-state index contributed by atoms with van der Waals surface area (Å²) in [5.74, 6) is -0.293. The van der Waals surface area contributed by atoms with Crippen LogP contribution in [0.2, 0.25) is 0 Å². The number of esters is 1. The standard InChI is InChI=1S/C14H20N2O4/c1-9(2)12(13(17)19-4)16(14(18)20-5)11-8-6-7-10(3)15-11/h6-9,12H,1-5H3. The summed E-state index contributed by atoms with van der Waals surface area (Å²) in [6.07, 6.45) is -0.646. The van der Waals surface area contributed by atoms with Crippen LogP contribution in [0.15, 0.2) is 18.2 Å². The molecule has 1 unspecified atom stereocenters. The number of pyridine rings is 1. The third-order valence-electron chi connectivity index (χ3n) is 2.84. The first-order valence-electron chi connectivity index (χ1n) is 6.31. The predicted octanol–water partition coefficient (Wildman–Crippen LogP) is 2.16. The fraction of sp³-hybridized carbons (Fsp3) is 0.500. The number of carbonyl (C=O) groups excluding carboxylic acids is 2. The second kappa shape index (κ2) is 6.88. The summed E-state index contributed by atoms with van der Waals surface area (Å²) in [6.45, 7) is 5.46. The van der Waals surface area contributed by atoms with Crippen LogP contribution in [0.3, 0.4) is 0 Å². The average Bonchev–Trinajstić information content (AvgIpc) is 2.42. The number of nitrogens with zero attached hydrogens (tertiary/aromatic N) is 2. The number of carbonyl (C=O) groups is 2. The normalized spacial score (nSPS) is 11.9. The minimum atomic E-state index is -0.790. The first kappa shape index (κ1) is 15.9. The van der Waals surface area contributed by atoms with Gasteiger partial charge in [0.15, 0.2) is 0 Å². The Hall–Kier alpha value is -2.11. The number of ether oxygens (including phenoxy) is 2. The van der Waals surface area contributed by atoms with Gasteiger partial charge in [-0.25, -0.2) is 19.5 Å². The molecule has 0 bridgehead atoms. The van der Waals surface area contributed by atoms with Crippen LogP contribution in [-0.2, 0) is 14.3 Å². The molecule has 1 amide bonds. The van der Waals surface area contributed by atoms with Crippen molar-refractivity contribution < 1.29 is 19.1 Å². The van der Waals surface area contributed by atoms with Gasteiger partial charge in [-0.2, -0.15) is 0 Å². The first-order chi connectivity index (χ1) is 9.42. The molecular formula is C14H20N2O4. The highest BCUT2D eigenvalue weighted by atomic mass is 16.5. The van der Waals surface area contributed by atoms with Gasteiger partial charge >= 0.3 is 12.1 Å². The lowest BCUT2D eigenvalue weighted by molar-refractivity contribution is -0.143. The molecule has 0 saturated carbocycles. The molecule has 1 aromatic rings. The van der Waals surface area contributed by atoms with Crippen LogP contribution in [0.4, 0.5) is 10.6 Å². The molecule has 0 aliphatic carbocycles. The van der Waals surface area contributed by atoms with Crippen molar-refractivity contribution in [2.45, 2.75) is 26.8 Å². The molecule has 0 radical (unpaired) electrons. The molecule has 1 heterocycles. The maximum atomic E-state index is 12.0. The van der Waals surface area contributed by atoms with E-state index in [0.717, 1.165) is 5.69 Å². The van der Waals surface area contributed by atoms with Gasteiger partial charge in [-0.3, -0.25) is 0 Å². The number of rotatable bonds is 4. The van der Waals surface area contributed by atoms with Gasteiger partial charge in [0, 0.05) is 5.69 Å². The third-order valence-corrected chi connectivity index (χ3v) is 2.84. The number of hydrogen-bond acceptors (Lipinski definition) is 5. The Labute approximate surface area is 118 Å². The molecule has 1 rings (SSSR count). The van der Waals surface area contributed by atoms with E-state index in [1.807, 2.05) is 26.8 Å². The van der Waals surface area contributed by atoms with Gasteiger partial charge in [0.2, 0.25) is 0 Å². The smallest absolute Gasteiger partial charge is 0.416 e. The first-order valence-corrected chi connectivity index (χ1v) is 6.31. The molecule has 1 aromatic heterocycles. The van der Waals surface area contributed by atoms with Gasteiger partial charge in [0.1, 0.15) is 11.9 Å². The fourth-order valence-corrected chi connectivity index (χ4v) is 1.91. The Balaban J connectivity index is 3.30. The van der Waals surface area contributed by atoms with Crippen molar-refractivity contribution in [3.8, 4) is 0 Å². The molecule has 6 nitrogen and oxygen atoms in total. The van der Waals surface area contributed by atoms with E-state index in [-0.39, 0.29) is 5.92 Å². The summed E-state index contributed by atoms with van der Waals surface area (Å²) >= 11 is 0. The van der Waals surface area contributed by atoms with Gasteiger partial charge in [0.25, 0.3) is 0 Å². The average molecular weight is 280 g/mol. The second-order valence-corrected chi connectivity index (χ2v) is 4.69. The summed E-state index contributed by atoms with van der Waals surface area (Å²) in [6, 6.07) is 4.44. The Morgan fingerprint density at radius 2 is 1.85 bits per heavy atom. The Kier molecular flexibility index (Phi) is 5.49. The van der Waals surface area contributed by atoms with Crippen molar-refractivity contribution in [3.63, 3.8) is 0 Å². The van der Waals surface area contributed by atoms with Crippen LogP contribution < -0.4 is 4.90 Å². The molecule has 0 N–H and O–H groups in total. The summed E-state index contributed by atoms with van der Waals surface area (Å²) in [7, 11) is 2.55. The van der Waals surface area contributed by atoms with E-state index in [1.54, 1.807) is 12.1 Å². The zero-order valence-corrected chi connectivity index (χ0v) is 12.4. The summed E-state index contributed by atoms with van der Waals surface area (Å²) in [4.78, 5) is 29.5. The van der Waals surface area contributed by atoms with Crippen LogP contribution in [0, 0.1) is 12.8 Å². The molecule has 1 atom stereocenters. The van der Waals surface area contributed by atoms with Gasteiger partial charge in [-0.15, -0.1) is 0 Å². The number of aryl methyl sites for hydroxylation is 1. The lowest BCUT2D eigenvalue weighted by Crippen LogP contribution is -2.49. The fourth-order valence-electron chi connectivity index (χ4n) is 1.91. The molecule has 0 spiro atoms. The van der Waals surface area contributed by atoms with Gasteiger partial charge in [-0.05, 0) is 25.0 Å². The van der Waals surface area contributed by atoms with Crippen LogP contribution in [0.25, 0.3) is 0 Å².